The highest BCUT2D eigenvalue weighted by Gasteiger charge is 2.25. The van der Waals surface area contributed by atoms with Crippen molar-refractivity contribution in [3.63, 3.8) is 0 Å². The standard InChI is InChI=1S/C45H88NO7P/c1-3-5-7-9-11-13-15-17-19-20-21-22-23-24-25-26-28-30-32-34-36-38-45(47)53-44(43-52-54(48,49)51-41-39-46)42-50-40-37-35-33-31-29-27-18-16-14-12-10-8-6-4-2/h17,19,37,40,44H,3-16,18,20-36,38-39,41-43,46H2,1-2H3,(H,48,49)/t44-/m1/s1. The maximum absolute atomic E-state index is 12.6. The molecule has 0 rings (SSSR count). The van der Waals surface area contributed by atoms with Crippen molar-refractivity contribution in [3.8, 4) is 0 Å². The van der Waals surface area contributed by atoms with Gasteiger partial charge < -0.3 is 20.1 Å². The SMILES string of the molecule is CCCCCCCCC=CCCCCCCCCCCCCCC(=O)O[C@H](COC=CCCCCCCCCCCCCCC)COP(=O)(O)OCCN. The van der Waals surface area contributed by atoms with Gasteiger partial charge in [-0.15, -0.1) is 0 Å². The second kappa shape index (κ2) is 43.0. The van der Waals surface area contributed by atoms with Crippen LogP contribution in [0, 0.1) is 0 Å². The van der Waals surface area contributed by atoms with Crippen molar-refractivity contribution in [2.75, 3.05) is 26.4 Å². The summed E-state index contributed by atoms with van der Waals surface area (Å²) in [5.41, 5.74) is 5.37. The van der Waals surface area contributed by atoms with E-state index in [-0.39, 0.29) is 32.3 Å². The van der Waals surface area contributed by atoms with Crippen molar-refractivity contribution in [1.29, 1.82) is 0 Å². The summed E-state index contributed by atoms with van der Waals surface area (Å²) in [5.74, 6) is -0.350. The van der Waals surface area contributed by atoms with Crippen LogP contribution in [0.3, 0.4) is 0 Å². The monoisotopic (exact) mass is 786 g/mol. The Bertz CT molecular complexity index is 884. The van der Waals surface area contributed by atoms with Gasteiger partial charge in [-0.25, -0.2) is 4.57 Å². The number of allylic oxidation sites excluding steroid dienone is 3. The molecular formula is C45H88NO7P. The van der Waals surface area contributed by atoms with Crippen molar-refractivity contribution in [1.82, 2.24) is 0 Å². The quantitative estimate of drug-likeness (QED) is 0.0206. The van der Waals surface area contributed by atoms with E-state index in [1.165, 1.54) is 173 Å². The van der Waals surface area contributed by atoms with E-state index in [0.717, 1.165) is 32.1 Å². The molecule has 3 N–H and O–H groups in total. The van der Waals surface area contributed by atoms with E-state index >= 15 is 0 Å². The molecule has 0 aromatic rings. The van der Waals surface area contributed by atoms with Gasteiger partial charge in [0.2, 0.25) is 0 Å². The van der Waals surface area contributed by atoms with Gasteiger partial charge in [-0.3, -0.25) is 13.8 Å². The number of hydrogen-bond acceptors (Lipinski definition) is 7. The number of phosphoric ester groups is 1. The van der Waals surface area contributed by atoms with Gasteiger partial charge >= 0.3 is 13.8 Å². The maximum atomic E-state index is 12.6. The molecule has 0 aliphatic rings. The Labute approximate surface area is 334 Å². The number of ether oxygens (including phenoxy) is 2. The van der Waals surface area contributed by atoms with Crippen molar-refractivity contribution in [2.45, 2.75) is 232 Å². The number of hydrogen-bond donors (Lipinski definition) is 2. The summed E-state index contributed by atoms with van der Waals surface area (Å²) >= 11 is 0. The fraction of sp³-hybridized carbons (Fsp3) is 0.889. The van der Waals surface area contributed by atoms with Crippen LogP contribution in [0.25, 0.3) is 0 Å². The average Bonchev–Trinajstić information content (AvgIpc) is 3.16. The number of rotatable bonds is 44. The first-order chi connectivity index (χ1) is 26.4. The summed E-state index contributed by atoms with van der Waals surface area (Å²) in [6.07, 6.45) is 48.6. The van der Waals surface area contributed by atoms with E-state index < -0.39 is 13.9 Å². The number of nitrogens with two attached hydrogens (primary N) is 1. The molecule has 0 aromatic carbocycles. The van der Waals surface area contributed by atoms with Crippen LogP contribution in [-0.4, -0.2) is 43.3 Å². The minimum atomic E-state index is -4.29. The van der Waals surface area contributed by atoms with Gasteiger partial charge in [-0.05, 0) is 51.0 Å². The Hall–Kier alpha value is -1.18. The Morgan fingerprint density at radius 3 is 1.37 bits per heavy atom. The molecule has 320 valence electrons. The molecule has 0 radical (unpaired) electrons. The largest absolute Gasteiger partial charge is 0.498 e. The zero-order valence-corrected chi connectivity index (χ0v) is 36.4. The summed E-state index contributed by atoms with van der Waals surface area (Å²) in [4.78, 5) is 22.5. The fourth-order valence-electron chi connectivity index (χ4n) is 6.55. The predicted octanol–water partition coefficient (Wildman–Crippen LogP) is 14.0. The Morgan fingerprint density at radius 2 is 0.944 bits per heavy atom. The van der Waals surface area contributed by atoms with E-state index in [1.807, 2.05) is 6.08 Å². The fourth-order valence-corrected chi connectivity index (χ4v) is 7.31. The number of unbranched alkanes of at least 4 members (excludes halogenated alkanes) is 29. The van der Waals surface area contributed by atoms with Crippen LogP contribution in [0.5, 0.6) is 0 Å². The summed E-state index contributed by atoms with van der Waals surface area (Å²) in [6.45, 7) is 4.26. The molecule has 0 aliphatic carbocycles. The third kappa shape index (κ3) is 42.0. The lowest BCUT2D eigenvalue weighted by Crippen LogP contribution is -2.27. The van der Waals surface area contributed by atoms with Crippen LogP contribution in [0.4, 0.5) is 0 Å². The highest BCUT2D eigenvalue weighted by molar-refractivity contribution is 7.47. The van der Waals surface area contributed by atoms with Gasteiger partial charge in [0, 0.05) is 13.0 Å². The molecular weight excluding hydrogens is 697 g/mol. The van der Waals surface area contributed by atoms with Gasteiger partial charge in [-0.2, -0.15) is 0 Å². The summed E-state index contributed by atoms with van der Waals surface area (Å²) in [5, 5.41) is 0. The topological polar surface area (TPSA) is 117 Å². The molecule has 0 bridgehead atoms. The van der Waals surface area contributed by atoms with E-state index in [9.17, 15) is 14.3 Å². The Morgan fingerprint density at radius 1 is 0.556 bits per heavy atom. The van der Waals surface area contributed by atoms with Gasteiger partial charge in [0.25, 0.3) is 0 Å². The summed E-state index contributed by atoms with van der Waals surface area (Å²) in [6, 6.07) is 0. The summed E-state index contributed by atoms with van der Waals surface area (Å²) in [7, 11) is -4.29. The smallest absolute Gasteiger partial charge is 0.472 e. The summed E-state index contributed by atoms with van der Waals surface area (Å²) < 4.78 is 33.2. The first-order valence-electron chi connectivity index (χ1n) is 22.9. The van der Waals surface area contributed by atoms with Crippen LogP contribution >= 0.6 is 7.82 Å². The van der Waals surface area contributed by atoms with Crippen LogP contribution in [0.15, 0.2) is 24.5 Å². The van der Waals surface area contributed by atoms with Gasteiger partial charge in [0.05, 0.1) is 19.5 Å². The molecule has 8 nitrogen and oxygen atoms in total. The molecule has 0 amide bonds. The maximum Gasteiger partial charge on any atom is 0.472 e. The van der Waals surface area contributed by atoms with Crippen molar-refractivity contribution in [3.05, 3.63) is 24.5 Å². The lowest BCUT2D eigenvalue weighted by molar-refractivity contribution is -0.153. The van der Waals surface area contributed by atoms with E-state index in [4.69, 9.17) is 24.3 Å². The minimum absolute atomic E-state index is 0.0356. The molecule has 0 aromatic heterocycles. The zero-order chi connectivity index (χ0) is 39.5. The molecule has 0 saturated heterocycles. The highest BCUT2D eigenvalue weighted by atomic mass is 31.2. The molecule has 0 saturated carbocycles. The number of carbonyl (C=O) groups is 1. The number of carbonyl (C=O) groups excluding carboxylic acids is 1. The van der Waals surface area contributed by atoms with Crippen LogP contribution in [-0.2, 0) is 27.9 Å². The first kappa shape index (κ1) is 52.8. The molecule has 2 atom stereocenters. The van der Waals surface area contributed by atoms with Crippen LogP contribution < -0.4 is 5.73 Å². The highest BCUT2D eigenvalue weighted by Crippen LogP contribution is 2.43. The van der Waals surface area contributed by atoms with Crippen molar-refractivity contribution < 1.29 is 32.8 Å². The van der Waals surface area contributed by atoms with E-state index in [0.29, 0.717) is 6.42 Å². The predicted molar refractivity (Wildman–Crippen MR) is 229 cm³/mol. The molecule has 0 fully saturated rings. The molecule has 1 unspecified atom stereocenters. The number of phosphoric acid groups is 1. The van der Waals surface area contributed by atoms with E-state index in [2.05, 4.69) is 26.0 Å². The van der Waals surface area contributed by atoms with Crippen LogP contribution in [0.2, 0.25) is 0 Å². The van der Waals surface area contributed by atoms with Gasteiger partial charge in [0.15, 0.2) is 6.10 Å². The molecule has 54 heavy (non-hydrogen) atoms. The molecule has 0 heterocycles. The molecule has 0 spiro atoms. The van der Waals surface area contributed by atoms with Crippen LogP contribution in [0.1, 0.15) is 226 Å². The van der Waals surface area contributed by atoms with Crippen molar-refractivity contribution in [2.24, 2.45) is 5.73 Å². The lowest BCUT2D eigenvalue weighted by atomic mass is 10.0. The second-order valence-corrected chi connectivity index (χ2v) is 16.8. The van der Waals surface area contributed by atoms with Gasteiger partial charge in [-0.1, -0.05) is 187 Å². The molecule has 9 heteroatoms. The minimum Gasteiger partial charge on any atom is -0.498 e. The van der Waals surface area contributed by atoms with Crippen molar-refractivity contribution >= 4 is 13.8 Å². The zero-order valence-electron chi connectivity index (χ0n) is 35.5. The third-order valence-electron chi connectivity index (χ3n) is 9.94. The second-order valence-electron chi connectivity index (χ2n) is 15.3. The molecule has 0 aliphatic heterocycles. The van der Waals surface area contributed by atoms with Gasteiger partial charge in [0.1, 0.15) is 6.61 Å². The Kier molecular flexibility index (Phi) is 42.0. The normalized spacial score (nSPS) is 13.6. The third-order valence-corrected chi connectivity index (χ3v) is 10.9. The first-order valence-corrected chi connectivity index (χ1v) is 24.4. The average molecular weight is 786 g/mol. The lowest BCUT2D eigenvalue weighted by Gasteiger charge is -2.19. The Balaban J connectivity index is 3.99. The number of esters is 1. The van der Waals surface area contributed by atoms with E-state index in [1.54, 1.807) is 6.26 Å².